The van der Waals surface area contributed by atoms with Crippen molar-refractivity contribution in [3.63, 3.8) is 0 Å². The van der Waals surface area contributed by atoms with Crippen LogP contribution in [-0.4, -0.2) is 41.9 Å². The molecular formula is C13H24N2OS. The fourth-order valence-electron chi connectivity index (χ4n) is 2.08. The molecule has 3 nitrogen and oxygen atoms in total. The van der Waals surface area contributed by atoms with Crippen LogP contribution in [0, 0.1) is 11.8 Å². The van der Waals surface area contributed by atoms with E-state index in [1.54, 1.807) is 11.8 Å². The average molecular weight is 256 g/mol. The molecular weight excluding hydrogens is 232 g/mol. The van der Waals surface area contributed by atoms with Gasteiger partial charge in [-0.1, -0.05) is 0 Å². The molecule has 2 aliphatic carbocycles. The van der Waals surface area contributed by atoms with E-state index >= 15 is 0 Å². The van der Waals surface area contributed by atoms with E-state index in [0.29, 0.717) is 0 Å². The molecule has 0 bridgehead atoms. The number of nitrogens with two attached hydrogens (primary N) is 1. The van der Waals surface area contributed by atoms with Gasteiger partial charge in [-0.25, -0.2) is 0 Å². The molecule has 17 heavy (non-hydrogen) atoms. The van der Waals surface area contributed by atoms with Gasteiger partial charge in [0.05, 0.1) is 6.04 Å². The molecule has 0 radical (unpaired) electrons. The predicted molar refractivity (Wildman–Crippen MR) is 73.0 cm³/mol. The molecule has 1 atom stereocenters. The SMILES string of the molecule is CSCC[C@@H](N)C(=O)N(CC1CC1)CC1CC1. The van der Waals surface area contributed by atoms with Crippen LogP contribution in [0.3, 0.4) is 0 Å². The maximum Gasteiger partial charge on any atom is 0.239 e. The zero-order valence-corrected chi connectivity index (χ0v) is 11.5. The van der Waals surface area contributed by atoms with E-state index in [-0.39, 0.29) is 11.9 Å². The Hall–Kier alpha value is -0.220. The topological polar surface area (TPSA) is 46.3 Å². The summed E-state index contributed by atoms with van der Waals surface area (Å²) >= 11 is 1.76. The van der Waals surface area contributed by atoms with Crippen LogP contribution >= 0.6 is 11.8 Å². The first-order valence-electron chi connectivity index (χ1n) is 6.74. The van der Waals surface area contributed by atoms with Crippen molar-refractivity contribution in [2.45, 2.75) is 38.1 Å². The van der Waals surface area contributed by atoms with Gasteiger partial charge in [-0.3, -0.25) is 4.79 Å². The van der Waals surface area contributed by atoms with Gasteiger partial charge in [0, 0.05) is 13.1 Å². The maximum atomic E-state index is 12.3. The number of rotatable bonds is 8. The van der Waals surface area contributed by atoms with Crippen LogP contribution in [0.2, 0.25) is 0 Å². The molecule has 0 aromatic rings. The molecule has 0 heterocycles. The highest BCUT2D eigenvalue weighted by Crippen LogP contribution is 2.33. The quantitative estimate of drug-likeness (QED) is 0.719. The maximum absolute atomic E-state index is 12.3. The van der Waals surface area contributed by atoms with Gasteiger partial charge in [0.15, 0.2) is 0 Å². The number of hydrogen-bond acceptors (Lipinski definition) is 3. The Bertz CT molecular complexity index is 250. The zero-order chi connectivity index (χ0) is 12.3. The first-order chi connectivity index (χ1) is 8.20. The van der Waals surface area contributed by atoms with E-state index in [0.717, 1.165) is 37.1 Å². The lowest BCUT2D eigenvalue weighted by molar-refractivity contribution is -0.133. The van der Waals surface area contributed by atoms with Gasteiger partial charge in [-0.05, 0) is 55.9 Å². The zero-order valence-electron chi connectivity index (χ0n) is 10.7. The summed E-state index contributed by atoms with van der Waals surface area (Å²) in [7, 11) is 0. The standard InChI is InChI=1S/C13H24N2OS/c1-17-7-6-12(14)13(16)15(8-10-2-3-10)9-11-4-5-11/h10-12H,2-9,14H2,1H3/t12-/m1/s1. The van der Waals surface area contributed by atoms with E-state index in [1.165, 1.54) is 25.7 Å². The van der Waals surface area contributed by atoms with E-state index in [1.807, 2.05) is 0 Å². The van der Waals surface area contributed by atoms with E-state index < -0.39 is 0 Å². The highest BCUT2D eigenvalue weighted by atomic mass is 32.2. The third-order valence-electron chi connectivity index (χ3n) is 3.61. The van der Waals surface area contributed by atoms with Crippen LogP contribution in [0.25, 0.3) is 0 Å². The summed E-state index contributed by atoms with van der Waals surface area (Å²) in [4.78, 5) is 14.3. The lowest BCUT2D eigenvalue weighted by Gasteiger charge is -2.25. The third kappa shape index (κ3) is 4.51. The first kappa shape index (κ1) is 13.2. The van der Waals surface area contributed by atoms with Crippen molar-refractivity contribution >= 4 is 17.7 Å². The second-order valence-electron chi connectivity index (χ2n) is 5.52. The second kappa shape index (κ2) is 6.10. The lowest BCUT2D eigenvalue weighted by Crippen LogP contribution is -2.45. The summed E-state index contributed by atoms with van der Waals surface area (Å²) < 4.78 is 0. The molecule has 2 fully saturated rings. The van der Waals surface area contributed by atoms with Gasteiger partial charge in [0.2, 0.25) is 5.91 Å². The smallest absolute Gasteiger partial charge is 0.239 e. The molecule has 0 aliphatic heterocycles. The van der Waals surface area contributed by atoms with Crippen molar-refractivity contribution in [2.75, 3.05) is 25.1 Å². The van der Waals surface area contributed by atoms with Crippen LogP contribution in [0.5, 0.6) is 0 Å². The molecule has 98 valence electrons. The van der Waals surface area contributed by atoms with E-state index in [2.05, 4.69) is 11.2 Å². The molecule has 2 saturated carbocycles. The summed E-state index contributed by atoms with van der Waals surface area (Å²) in [5.41, 5.74) is 5.99. The average Bonchev–Trinajstić information content (AvgIpc) is 3.18. The third-order valence-corrected chi connectivity index (χ3v) is 4.26. The van der Waals surface area contributed by atoms with Gasteiger partial charge in [-0.2, -0.15) is 11.8 Å². The van der Waals surface area contributed by atoms with Crippen molar-refractivity contribution in [1.82, 2.24) is 4.90 Å². The van der Waals surface area contributed by atoms with Gasteiger partial charge < -0.3 is 10.6 Å². The van der Waals surface area contributed by atoms with Crippen LogP contribution < -0.4 is 5.73 Å². The molecule has 2 aliphatic rings. The Morgan fingerprint density at radius 1 is 1.29 bits per heavy atom. The molecule has 2 N–H and O–H groups in total. The molecule has 2 rings (SSSR count). The van der Waals surface area contributed by atoms with Crippen molar-refractivity contribution in [2.24, 2.45) is 17.6 Å². The number of thioether (sulfide) groups is 1. The van der Waals surface area contributed by atoms with Gasteiger partial charge in [-0.15, -0.1) is 0 Å². The van der Waals surface area contributed by atoms with Crippen molar-refractivity contribution in [1.29, 1.82) is 0 Å². The van der Waals surface area contributed by atoms with Crippen LogP contribution in [-0.2, 0) is 4.79 Å². The highest BCUT2D eigenvalue weighted by Gasteiger charge is 2.32. The van der Waals surface area contributed by atoms with Crippen LogP contribution in [0.1, 0.15) is 32.1 Å². The Balaban J connectivity index is 1.80. The van der Waals surface area contributed by atoms with Crippen molar-refractivity contribution < 1.29 is 4.79 Å². The van der Waals surface area contributed by atoms with Crippen LogP contribution in [0.15, 0.2) is 0 Å². The summed E-state index contributed by atoms with van der Waals surface area (Å²) in [6, 6.07) is -0.278. The Labute approximate surface area is 108 Å². The Kier molecular flexibility index (Phi) is 4.74. The fourth-order valence-corrected chi connectivity index (χ4v) is 2.57. The summed E-state index contributed by atoms with van der Waals surface area (Å²) in [6.07, 6.45) is 8.07. The molecule has 0 saturated heterocycles. The number of carbonyl (C=O) groups is 1. The lowest BCUT2D eigenvalue weighted by atomic mass is 10.2. The molecule has 0 unspecified atom stereocenters. The van der Waals surface area contributed by atoms with Crippen molar-refractivity contribution in [3.05, 3.63) is 0 Å². The summed E-state index contributed by atoms with van der Waals surface area (Å²) in [5, 5.41) is 0. The molecule has 0 aromatic heterocycles. The minimum absolute atomic E-state index is 0.192. The van der Waals surface area contributed by atoms with Gasteiger partial charge in [0.1, 0.15) is 0 Å². The number of hydrogen-bond donors (Lipinski definition) is 1. The minimum Gasteiger partial charge on any atom is -0.341 e. The Morgan fingerprint density at radius 2 is 1.82 bits per heavy atom. The highest BCUT2D eigenvalue weighted by molar-refractivity contribution is 7.98. The first-order valence-corrected chi connectivity index (χ1v) is 8.13. The molecule has 4 heteroatoms. The monoisotopic (exact) mass is 256 g/mol. The number of carbonyl (C=O) groups excluding carboxylic acids is 1. The van der Waals surface area contributed by atoms with Gasteiger partial charge >= 0.3 is 0 Å². The molecule has 0 aromatic carbocycles. The normalized spacial score (nSPS) is 21.3. The molecule has 0 spiro atoms. The fraction of sp³-hybridized carbons (Fsp3) is 0.923. The van der Waals surface area contributed by atoms with Crippen LogP contribution in [0.4, 0.5) is 0 Å². The predicted octanol–water partition coefficient (Wildman–Crippen LogP) is 1.72. The Morgan fingerprint density at radius 3 is 2.24 bits per heavy atom. The number of nitrogens with zero attached hydrogens (tertiary/aromatic N) is 1. The second-order valence-corrected chi connectivity index (χ2v) is 6.50. The van der Waals surface area contributed by atoms with E-state index in [9.17, 15) is 4.79 Å². The summed E-state index contributed by atoms with van der Waals surface area (Å²) in [6.45, 7) is 1.92. The van der Waals surface area contributed by atoms with Crippen molar-refractivity contribution in [3.8, 4) is 0 Å². The van der Waals surface area contributed by atoms with Gasteiger partial charge in [0.25, 0.3) is 0 Å². The minimum atomic E-state index is -0.278. The van der Waals surface area contributed by atoms with E-state index in [4.69, 9.17) is 5.73 Å². The largest absolute Gasteiger partial charge is 0.341 e. The number of amides is 1. The summed E-state index contributed by atoms with van der Waals surface area (Å²) in [5.74, 6) is 2.71. The molecule has 1 amide bonds.